The standard InChI is InChI=1S/C16H13N3OS/c17-11-5-6-13-10(7-11)8-16(20)19(13)9-15-18-12-3-1-2-4-14(12)21-15/h1-7H,8-9,17H2. The number of nitrogens with two attached hydrogens (primary N) is 1. The number of nitrogens with zero attached hydrogens (tertiary/aromatic N) is 2. The third-order valence-electron chi connectivity index (χ3n) is 3.67. The number of rotatable bonds is 2. The molecule has 1 aliphatic heterocycles. The Morgan fingerprint density at radius 2 is 2.10 bits per heavy atom. The number of carbonyl (C=O) groups excluding carboxylic acids is 1. The quantitative estimate of drug-likeness (QED) is 0.739. The summed E-state index contributed by atoms with van der Waals surface area (Å²) in [4.78, 5) is 18.6. The highest BCUT2D eigenvalue weighted by molar-refractivity contribution is 7.18. The number of anilines is 2. The van der Waals surface area contributed by atoms with Crippen LogP contribution in [0, 0.1) is 0 Å². The Labute approximate surface area is 125 Å². The van der Waals surface area contributed by atoms with Gasteiger partial charge in [0.2, 0.25) is 5.91 Å². The summed E-state index contributed by atoms with van der Waals surface area (Å²) in [5, 5.41) is 0.953. The van der Waals surface area contributed by atoms with E-state index in [0.717, 1.165) is 26.5 Å². The van der Waals surface area contributed by atoms with Gasteiger partial charge in [-0.15, -0.1) is 11.3 Å². The van der Waals surface area contributed by atoms with Crippen LogP contribution >= 0.6 is 11.3 Å². The van der Waals surface area contributed by atoms with Crippen molar-refractivity contribution >= 4 is 38.8 Å². The van der Waals surface area contributed by atoms with E-state index in [0.29, 0.717) is 18.7 Å². The number of hydrogen-bond donors (Lipinski definition) is 1. The molecule has 0 fully saturated rings. The summed E-state index contributed by atoms with van der Waals surface area (Å²) in [5.41, 5.74) is 9.42. The first-order chi connectivity index (χ1) is 10.2. The minimum absolute atomic E-state index is 0.106. The number of carbonyl (C=O) groups is 1. The van der Waals surface area contributed by atoms with Gasteiger partial charge in [0, 0.05) is 11.4 Å². The lowest BCUT2D eigenvalue weighted by Gasteiger charge is -2.15. The van der Waals surface area contributed by atoms with E-state index in [1.165, 1.54) is 0 Å². The zero-order valence-corrected chi connectivity index (χ0v) is 12.1. The fourth-order valence-corrected chi connectivity index (χ4v) is 3.66. The fourth-order valence-electron chi connectivity index (χ4n) is 2.70. The van der Waals surface area contributed by atoms with Crippen molar-refractivity contribution in [1.29, 1.82) is 0 Å². The molecule has 0 unspecified atom stereocenters. The first-order valence-corrected chi connectivity index (χ1v) is 7.55. The summed E-state index contributed by atoms with van der Waals surface area (Å²) < 4.78 is 1.15. The second-order valence-electron chi connectivity index (χ2n) is 5.12. The maximum atomic E-state index is 12.2. The molecule has 3 aromatic rings. The van der Waals surface area contributed by atoms with Crippen LogP contribution < -0.4 is 10.6 Å². The van der Waals surface area contributed by atoms with Gasteiger partial charge in [-0.1, -0.05) is 12.1 Å². The van der Waals surface area contributed by atoms with Crippen LogP contribution in [0.3, 0.4) is 0 Å². The molecule has 4 nitrogen and oxygen atoms in total. The third-order valence-corrected chi connectivity index (χ3v) is 4.69. The van der Waals surface area contributed by atoms with Crippen molar-refractivity contribution in [3.8, 4) is 0 Å². The second-order valence-corrected chi connectivity index (χ2v) is 6.24. The van der Waals surface area contributed by atoms with Gasteiger partial charge >= 0.3 is 0 Å². The molecule has 2 aromatic carbocycles. The Morgan fingerprint density at radius 1 is 1.24 bits per heavy atom. The van der Waals surface area contributed by atoms with Crippen molar-refractivity contribution in [3.63, 3.8) is 0 Å². The first kappa shape index (κ1) is 12.3. The largest absolute Gasteiger partial charge is 0.399 e. The average Bonchev–Trinajstić information content (AvgIpc) is 3.00. The molecule has 4 rings (SSSR count). The van der Waals surface area contributed by atoms with Crippen LogP contribution in [0.15, 0.2) is 42.5 Å². The molecule has 1 aliphatic rings. The zero-order chi connectivity index (χ0) is 14.4. The molecule has 5 heteroatoms. The van der Waals surface area contributed by atoms with Gasteiger partial charge in [-0.3, -0.25) is 4.79 Å². The molecule has 0 saturated carbocycles. The number of hydrogen-bond acceptors (Lipinski definition) is 4. The summed E-state index contributed by atoms with van der Waals surface area (Å²) in [6.07, 6.45) is 0.422. The predicted octanol–water partition coefficient (Wildman–Crippen LogP) is 2.97. The molecule has 0 atom stereocenters. The molecule has 2 N–H and O–H groups in total. The van der Waals surface area contributed by atoms with Crippen LogP contribution in [-0.2, 0) is 17.8 Å². The average molecular weight is 295 g/mol. The topological polar surface area (TPSA) is 59.2 Å². The van der Waals surface area contributed by atoms with Gasteiger partial charge in [0.05, 0.1) is 23.2 Å². The Hall–Kier alpha value is -2.40. The van der Waals surface area contributed by atoms with Crippen molar-refractivity contribution in [2.75, 3.05) is 10.6 Å². The summed E-state index contributed by atoms with van der Waals surface area (Å²) in [7, 11) is 0. The molecule has 0 aliphatic carbocycles. The van der Waals surface area contributed by atoms with Gasteiger partial charge < -0.3 is 10.6 Å². The van der Waals surface area contributed by atoms with E-state index < -0.39 is 0 Å². The number of fused-ring (bicyclic) bond motifs is 2. The highest BCUT2D eigenvalue weighted by Crippen LogP contribution is 2.33. The van der Waals surface area contributed by atoms with Crippen molar-refractivity contribution in [2.45, 2.75) is 13.0 Å². The van der Waals surface area contributed by atoms with Crippen LogP contribution in [0.2, 0.25) is 0 Å². The van der Waals surface area contributed by atoms with E-state index >= 15 is 0 Å². The van der Waals surface area contributed by atoms with Crippen molar-refractivity contribution < 1.29 is 4.79 Å². The van der Waals surface area contributed by atoms with Crippen LogP contribution in [0.25, 0.3) is 10.2 Å². The van der Waals surface area contributed by atoms with E-state index in [1.807, 2.05) is 36.4 Å². The normalized spacial score (nSPS) is 13.9. The van der Waals surface area contributed by atoms with Gasteiger partial charge in [-0.2, -0.15) is 0 Å². The fraction of sp³-hybridized carbons (Fsp3) is 0.125. The maximum Gasteiger partial charge on any atom is 0.231 e. The molecule has 0 bridgehead atoms. The molecule has 2 heterocycles. The van der Waals surface area contributed by atoms with Gasteiger partial charge in [-0.05, 0) is 35.9 Å². The van der Waals surface area contributed by atoms with Gasteiger partial charge in [-0.25, -0.2) is 4.98 Å². The van der Waals surface area contributed by atoms with Gasteiger partial charge in [0.25, 0.3) is 0 Å². The minimum atomic E-state index is 0.106. The highest BCUT2D eigenvalue weighted by Gasteiger charge is 2.28. The van der Waals surface area contributed by atoms with Crippen LogP contribution in [0.1, 0.15) is 10.6 Å². The van der Waals surface area contributed by atoms with E-state index in [9.17, 15) is 4.79 Å². The third kappa shape index (κ3) is 2.06. The number of thiazole rings is 1. The monoisotopic (exact) mass is 295 g/mol. The Morgan fingerprint density at radius 3 is 2.95 bits per heavy atom. The van der Waals surface area contributed by atoms with Crippen molar-refractivity contribution in [3.05, 3.63) is 53.0 Å². The molecule has 1 amide bonds. The lowest BCUT2D eigenvalue weighted by atomic mass is 10.1. The van der Waals surface area contributed by atoms with Gasteiger partial charge in [0.1, 0.15) is 5.01 Å². The lowest BCUT2D eigenvalue weighted by Crippen LogP contribution is -2.25. The van der Waals surface area contributed by atoms with E-state index in [-0.39, 0.29) is 5.91 Å². The first-order valence-electron chi connectivity index (χ1n) is 6.74. The second kappa shape index (κ2) is 4.56. The number of nitrogen functional groups attached to an aromatic ring is 1. The number of para-hydroxylation sites is 1. The summed E-state index contributed by atoms with van der Waals surface area (Å²) in [6.45, 7) is 0.523. The summed E-state index contributed by atoms with van der Waals surface area (Å²) in [6, 6.07) is 13.7. The molecule has 21 heavy (non-hydrogen) atoms. The highest BCUT2D eigenvalue weighted by atomic mass is 32.1. The lowest BCUT2D eigenvalue weighted by molar-refractivity contribution is -0.117. The zero-order valence-electron chi connectivity index (χ0n) is 11.2. The Balaban J connectivity index is 1.70. The summed E-state index contributed by atoms with van der Waals surface area (Å²) >= 11 is 1.63. The van der Waals surface area contributed by atoms with E-state index in [2.05, 4.69) is 11.1 Å². The molecule has 1 aromatic heterocycles. The van der Waals surface area contributed by atoms with Crippen molar-refractivity contribution in [2.24, 2.45) is 0 Å². The Bertz CT molecular complexity index is 823. The number of aromatic nitrogens is 1. The SMILES string of the molecule is Nc1ccc2c(c1)CC(=O)N2Cc1nc2ccccc2s1. The number of amides is 1. The molecule has 104 valence electrons. The van der Waals surface area contributed by atoms with Crippen LogP contribution in [0.4, 0.5) is 11.4 Å². The van der Waals surface area contributed by atoms with Crippen LogP contribution in [-0.4, -0.2) is 10.9 Å². The minimum Gasteiger partial charge on any atom is -0.399 e. The maximum absolute atomic E-state index is 12.2. The van der Waals surface area contributed by atoms with E-state index in [4.69, 9.17) is 5.73 Å². The summed E-state index contributed by atoms with van der Waals surface area (Å²) in [5.74, 6) is 0.106. The smallest absolute Gasteiger partial charge is 0.231 e. The molecular formula is C16H13N3OS. The van der Waals surface area contributed by atoms with Gasteiger partial charge in [0.15, 0.2) is 0 Å². The number of benzene rings is 2. The van der Waals surface area contributed by atoms with Crippen molar-refractivity contribution in [1.82, 2.24) is 4.98 Å². The molecule has 0 radical (unpaired) electrons. The Kier molecular flexibility index (Phi) is 2.68. The van der Waals surface area contributed by atoms with Crippen LogP contribution in [0.5, 0.6) is 0 Å². The van der Waals surface area contributed by atoms with E-state index in [1.54, 1.807) is 16.2 Å². The predicted molar refractivity (Wildman–Crippen MR) is 85.4 cm³/mol. The molecule has 0 saturated heterocycles. The molecule has 0 spiro atoms. The molecular weight excluding hydrogens is 282 g/mol.